The van der Waals surface area contributed by atoms with Crippen molar-refractivity contribution in [2.75, 3.05) is 13.1 Å². The van der Waals surface area contributed by atoms with E-state index < -0.39 is 0 Å². The zero-order valence-electron chi connectivity index (χ0n) is 16.0. The van der Waals surface area contributed by atoms with Crippen LogP contribution in [-0.4, -0.2) is 44.4 Å². The second-order valence-corrected chi connectivity index (χ2v) is 7.27. The number of aromatic nitrogens is 2. The van der Waals surface area contributed by atoms with E-state index in [1.165, 1.54) is 9.13 Å². The van der Waals surface area contributed by atoms with Gasteiger partial charge in [0.1, 0.15) is 5.69 Å². The molecule has 7 nitrogen and oxygen atoms in total. The number of likely N-dealkylation sites (tertiary alicyclic amines) is 1. The van der Waals surface area contributed by atoms with E-state index in [2.05, 4.69) is 4.99 Å². The Morgan fingerprint density at radius 3 is 2.75 bits per heavy atom. The van der Waals surface area contributed by atoms with Crippen LogP contribution in [0.2, 0.25) is 0 Å². The molecule has 0 saturated carbocycles. The monoisotopic (exact) mass is 380 g/mol. The number of allylic oxidation sites excluding steroid dienone is 1. The van der Waals surface area contributed by atoms with Crippen LogP contribution in [0.5, 0.6) is 5.88 Å². The van der Waals surface area contributed by atoms with E-state index in [4.69, 9.17) is 0 Å². The zero-order valence-corrected chi connectivity index (χ0v) is 16.0. The third-order valence-electron chi connectivity index (χ3n) is 5.47. The largest absolute Gasteiger partial charge is 0.493 e. The fourth-order valence-electron chi connectivity index (χ4n) is 3.84. The van der Waals surface area contributed by atoms with Crippen molar-refractivity contribution in [3.63, 3.8) is 0 Å². The predicted octanol–water partition coefficient (Wildman–Crippen LogP) is 2.55. The minimum atomic E-state index is -0.334. The highest BCUT2D eigenvalue weighted by atomic mass is 16.3. The Bertz CT molecular complexity index is 1020. The van der Waals surface area contributed by atoms with Crippen LogP contribution in [0.15, 0.2) is 34.1 Å². The summed E-state index contributed by atoms with van der Waals surface area (Å²) in [5, 5.41) is 10.7. The average molecular weight is 380 g/mol. The van der Waals surface area contributed by atoms with Gasteiger partial charge in [-0.15, -0.1) is 0 Å². The van der Waals surface area contributed by atoms with Crippen LogP contribution in [-0.2, 0) is 18.4 Å². The van der Waals surface area contributed by atoms with Crippen molar-refractivity contribution in [1.29, 1.82) is 0 Å². The highest BCUT2D eigenvalue weighted by Crippen LogP contribution is 2.33. The van der Waals surface area contributed by atoms with Crippen LogP contribution in [0.4, 0.5) is 5.69 Å². The van der Waals surface area contributed by atoms with Crippen molar-refractivity contribution >= 4 is 29.5 Å². The molecule has 28 heavy (non-hydrogen) atoms. The average Bonchev–Trinajstić information content (AvgIpc) is 3.22. The number of carbonyl (C=O) groups excluding carboxylic acids is 1. The van der Waals surface area contributed by atoms with E-state index in [1.54, 1.807) is 19.3 Å². The number of benzene rings is 1. The van der Waals surface area contributed by atoms with Gasteiger partial charge in [-0.25, -0.2) is 4.79 Å². The first kappa shape index (κ1) is 18.3. The fourth-order valence-corrected chi connectivity index (χ4v) is 3.84. The Hall–Kier alpha value is -3.09. The Labute approximate surface area is 163 Å². The van der Waals surface area contributed by atoms with E-state index in [0.717, 1.165) is 49.2 Å². The van der Waals surface area contributed by atoms with Crippen LogP contribution >= 0.6 is 0 Å². The first-order chi connectivity index (χ1) is 13.6. The Balaban J connectivity index is 1.57. The van der Waals surface area contributed by atoms with Crippen LogP contribution in [0, 0.1) is 0 Å². The van der Waals surface area contributed by atoms with Crippen molar-refractivity contribution in [3.05, 3.63) is 46.0 Å². The number of fused-ring (bicyclic) bond motifs is 1. The van der Waals surface area contributed by atoms with Crippen LogP contribution in [0.3, 0.4) is 0 Å². The van der Waals surface area contributed by atoms with Gasteiger partial charge in [0.25, 0.3) is 0 Å². The fraction of sp³-hybridized carbons (Fsp3) is 0.381. The van der Waals surface area contributed by atoms with E-state index in [0.29, 0.717) is 5.69 Å². The normalized spacial score (nSPS) is 17.3. The molecule has 1 aromatic heterocycles. The Morgan fingerprint density at radius 1 is 1.21 bits per heavy atom. The molecule has 2 aromatic rings. The van der Waals surface area contributed by atoms with Gasteiger partial charge in [0.2, 0.25) is 11.8 Å². The molecular formula is C21H24N4O3. The summed E-state index contributed by atoms with van der Waals surface area (Å²) >= 11 is 0. The number of amides is 1. The molecule has 1 aromatic carbocycles. The van der Waals surface area contributed by atoms with Gasteiger partial charge in [0, 0.05) is 50.5 Å². The lowest BCUT2D eigenvalue weighted by Crippen LogP contribution is -2.36. The standard InChI is InChI=1S/C21H24N4O3/c1-23-18(13-15-14-22-17-8-4-3-7-16(15)17)20(27)25(21(23)28)12-9-19(26)24-10-5-2-6-11-24/h3-4,7-8,13-14,27H,2,5-6,9-12H2,1H3/b15-13+. The number of imidazole rings is 1. The summed E-state index contributed by atoms with van der Waals surface area (Å²) in [6, 6.07) is 7.72. The number of nitrogens with zero attached hydrogens (tertiary/aromatic N) is 4. The number of hydrogen-bond acceptors (Lipinski definition) is 4. The smallest absolute Gasteiger partial charge is 0.331 e. The molecule has 0 bridgehead atoms. The molecule has 1 amide bonds. The zero-order chi connectivity index (χ0) is 19.7. The molecule has 146 valence electrons. The molecular weight excluding hydrogens is 356 g/mol. The summed E-state index contributed by atoms with van der Waals surface area (Å²) in [5.74, 6) is -0.0872. The van der Waals surface area contributed by atoms with Gasteiger partial charge >= 0.3 is 5.69 Å². The number of aliphatic imine (C=N–C) groups is 1. The predicted molar refractivity (Wildman–Crippen MR) is 109 cm³/mol. The van der Waals surface area contributed by atoms with E-state index >= 15 is 0 Å². The molecule has 0 spiro atoms. The first-order valence-corrected chi connectivity index (χ1v) is 9.67. The molecule has 1 fully saturated rings. The number of piperidine rings is 1. The molecule has 0 aliphatic carbocycles. The van der Waals surface area contributed by atoms with Crippen molar-refractivity contribution in [2.45, 2.75) is 32.2 Å². The lowest BCUT2D eigenvalue weighted by atomic mass is 10.1. The van der Waals surface area contributed by atoms with Gasteiger partial charge in [-0.2, -0.15) is 0 Å². The second-order valence-electron chi connectivity index (χ2n) is 7.27. The van der Waals surface area contributed by atoms with E-state index in [1.807, 2.05) is 29.2 Å². The van der Waals surface area contributed by atoms with Crippen molar-refractivity contribution in [1.82, 2.24) is 14.0 Å². The van der Waals surface area contributed by atoms with Gasteiger partial charge in [0.05, 0.1) is 5.69 Å². The first-order valence-electron chi connectivity index (χ1n) is 9.67. The molecule has 2 aliphatic rings. The topological polar surface area (TPSA) is 79.8 Å². The van der Waals surface area contributed by atoms with Gasteiger partial charge in [-0.1, -0.05) is 18.2 Å². The quantitative estimate of drug-likeness (QED) is 0.885. The molecule has 7 heteroatoms. The summed E-state index contributed by atoms with van der Waals surface area (Å²) in [6.07, 6.45) is 6.91. The summed E-state index contributed by atoms with van der Waals surface area (Å²) in [5.41, 5.74) is 2.74. The lowest BCUT2D eigenvalue weighted by molar-refractivity contribution is -0.132. The maximum Gasteiger partial charge on any atom is 0.331 e. The molecule has 1 saturated heterocycles. The highest BCUT2D eigenvalue weighted by molar-refractivity contribution is 6.21. The molecule has 3 heterocycles. The number of rotatable bonds is 4. The van der Waals surface area contributed by atoms with Crippen LogP contribution in [0.25, 0.3) is 11.6 Å². The molecule has 0 unspecified atom stereocenters. The van der Waals surface area contributed by atoms with Gasteiger partial charge in [-0.3, -0.25) is 18.9 Å². The van der Waals surface area contributed by atoms with Gasteiger partial charge in [-0.05, 0) is 31.4 Å². The molecule has 1 N–H and O–H groups in total. The molecule has 4 rings (SSSR count). The number of aromatic hydroxyl groups is 1. The minimum Gasteiger partial charge on any atom is -0.493 e. The van der Waals surface area contributed by atoms with Crippen molar-refractivity contribution in [3.8, 4) is 5.88 Å². The maximum absolute atomic E-state index is 12.6. The summed E-state index contributed by atoms with van der Waals surface area (Å²) < 4.78 is 2.68. The van der Waals surface area contributed by atoms with Gasteiger partial charge in [0.15, 0.2) is 0 Å². The van der Waals surface area contributed by atoms with E-state index in [-0.39, 0.29) is 30.4 Å². The second kappa shape index (κ2) is 7.50. The minimum absolute atomic E-state index is 0.0339. The third-order valence-corrected chi connectivity index (χ3v) is 5.47. The highest BCUT2D eigenvalue weighted by Gasteiger charge is 2.21. The Kier molecular flexibility index (Phi) is 4.90. The number of carbonyl (C=O) groups is 1. The maximum atomic E-state index is 12.6. The number of hydrogen-bond donors (Lipinski definition) is 1. The lowest BCUT2D eigenvalue weighted by Gasteiger charge is -2.26. The summed E-state index contributed by atoms with van der Waals surface area (Å²) in [6.45, 7) is 1.73. The molecule has 0 atom stereocenters. The third kappa shape index (κ3) is 3.28. The van der Waals surface area contributed by atoms with Crippen molar-refractivity contribution in [2.24, 2.45) is 12.0 Å². The SMILES string of the molecule is Cn1c(/C=C2\C=Nc3ccccc32)c(O)n(CCC(=O)N2CCCCC2)c1=O. The van der Waals surface area contributed by atoms with Crippen molar-refractivity contribution < 1.29 is 9.90 Å². The van der Waals surface area contributed by atoms with E-state index in [9.17, 15) is 14.7 Å². The molecule has 0 radical (unpaired) electrons. The summed E-state index contributed by atoms with van der Waals surface area (Å²) in [7, 11) is 1.62. The van der Waals surface area contributed by atoms with Crippen LogP contribution < -0.4 is 5.69 Å². The van der Waals surface area contributed by atoms with Crippen LogP contribution in [0.1, 0.15) is 36.9 Å². The number of para-hydroxylation sites is 1. The summed E-state index contributed by atoms with van der Waals surface area (Å²) in [4.78, 5) is 31.2. The van der Waals surface area contributed by atoms with Gasteiger partial charge < -0.3 is 10.0 Å². The Morgan fingerprint density at radius 2 is 1.96 bits per heavy atom. The molecule has 2 aliphatic heterocycles.